The van der Waals surface area contributed by atoms with Crippen LogP contribution in [0.15, 0.2) is 0 Å². The van der Waals surface area contributed by atoms with Crippen LogP contribution in [-0.4, -0.2) is 24.5 Å². The zero-order chi connectivity index (χ0) is 9.56. The summed E-state index contributed by atoms with van der Waals surface area (Å²) < 4.78 is 0. The molecule has 0 bridgehead atoms. The maximum absolute atomic E-state index is 10.9. The molecule has 0 aliphatic rings. The van der Waals surface area contributed by atoms with Crippen molar-refractivity contribution in [3.8, 4) is 0 Å². The van der Waals surface area contributed by atoms with Gasteiger partial charge in [-0.2, -0.15) is 0 Å². The van der Waals surface area contributed by atoms with Crippen molar-refractivity contribution in [1.82, 2.24) is 10.3 Å². The summed E-state index contributed by atoms with van der Waals surface area (Å²) in [7, 11) is 1.74. The van der Waals surface area contributed by atoms with Gasteiger partial charge in [0, 0.05) is 13.6 Å². The van der Waals surface area contributed by atoms with E-state index in [0.717, 1.165) is 19.4 Å². The van der Waals surface area contributed by atoms with E-state index in [-0.39, 0.29) is 6.03 Å². The number of carbonyl (C=O) groups is 1. The van der Waals surface area contributed by atoms with Gasteiger partial charge in [0.15, 0.2) is 0 Å². The van der Waals surface area contributed by atoms with E-state index in [1.165, 1.54) is 0 Å². The van der Waals surface area contributed by atoms with E-state index < -0.39 is 0 Å². The number of amides is 2. The average Bonchev–Trinajstić information content (AvgIpc) is 2.02. The Bertz CT molecular complexity index is 136. The number of hydrazine groups is 1. The van der Waals surface area contributed by atoms with Gasteiger partial charge >= 0.3 is 6.03 Å². The zero-order valence-electron chi connectivity index (χ0n) is 8.13. The molecule has 0 spiro atoms. The van der Waals surface area contributed by atoms with Crippen molar-refractivity contribution in [2.24, 2.45) is 11.8 Å². The number of nitrogens with two attached hydrogens (primary N) is 1. The number of nitrogens with zero attached hydrogens (tertiary/aromatic N) is 1. The van der Waals surface area contributed by atoms with Gasteiger partial charge in [0.2, 0.25) is 0 Å². The minimum absolute atomic E-state index is 0.223. The van der Waals surface area contributed by atoms with Crippen molar-refractivity contribution < 1.29 is 4.79 Å². The molecular formula is C8H19N3O. The number of urea groups is 1. The van der Waals surface area contributed by atoms with E-state index in [2.05, 4.69) is 19.3 Å². The minimum atomic E-state index is -0.223. The first-order valence-electron chi connectivity index (χ1n) is 4.29. The molecule has 0 aliphatic carbocycles. The molecule has 0 atom stereocenters. The van der Waals surface area contributed by atoms with Crippen molar-refractivity contribution in [3.05, 3.63) is 0 Å². The summed E-state index contributed by atoms with van der Waals surface area (Å²) in [5.74, 6) is 5.66. The largest absolute Gasteiger partial charge is 0.331 e. The Hall–Kier alpha value is -0.770. The van der Waals surface area contributed by atoms with Crippen LogP contribution in [0.25, 0.3) is 0 Å². The molecule has 0 rings (SSSR count). The molecule has 0 fully saturated rings. The lowest BCUT2D eigenvalue weighted by atomic mass is 10.1. The van der Waals surface area contributed by atoms with Gasteiger partial charge in [0.1, 0.15) is 0 Å². The molecule has 0 radical (unpaired) electrons. The normalized spacial score (nSPS) is 10.1. The number of hydrogen-bond acceptors (Lipinski definition) is 2. The highest BCUT2D eigenvalue weighted by atomic mass is 16.2. The molecule has 0 heterocycles. The molecule has 2 amide bonds. The summed E-state index contributed by atoms with van der Waals surface area (Å²) in [6, 6.07) is -0.223. The van der Waals surface area contributed by atoms with Crippen molar-refractivity contribution in [1.29, 1.82) is 0 Å². The van der Waals surface area contributed by atoms with Crippen LogP contribution in [0, 0.1) is 5.92 Å². The third-order valence-electron chi connectivity index (χ3n) is 1.75. The second-order valence-corrected chi connectivity index (χ2v) is 3.41. The lowest BCUT2D eigenvalue weighted by molar-refractivity contribution is 0.207. The van der Waals surface area contributed by atoms with Crippen LogP contribution < -0.4 is 11.3 Å². The van der Waals surface area contributed by atoms with Crippen LogP contribution >= 0.6 is 0 Å². The highest BCUT2D eigenvalue weighted by Crippen LogP contribution is 2.03. The Balaban J connectivity index is 3.43. The summed E-state index contributed by atoms with van der Waals surface area (Å²) in [5, 5.41) is 0. The molecule has 3 N–H and O–H groups in total. The predicted molar refractivity (Wildman–Crippen MR) is 49.4 cm³/mol. The Kier molecular flexibility index (Phi) is 5.45. The maximum Gasteiger partial charge on any atom is 0.331 e. The van der Waals surface area contributed by atoms with Gasteiger partial charge in [-0.3, -0.25) is 5.43 Å². The van der Waals surface area contributed by atoms with Crippen LogP contribution in [0.3, 0.4) is 0 Å². The molecule has 72 valence electrons. The first-order valence-corrected chi connectivity index (χ1v) is 4.29. The van der Waals surface area contributed by atoms with E-state index in [1.54, 1.807) is 11.9 Å². The van der Waals surface area contributed by atoms with Gasteiger partial charge in [-0.05, 0) is 18.8 Å². The van der Waals surface area contributed by atoms with Crippen LogP contribution in [-0.2, 0) is 0 Å². The number of carbonyl (C=O) groups excluding carboxylic acids is 1. The summed E-state index contributed by atoms with van der Waals surface area (Å²) in [6.45, 7) is 5.10. The monoisotopic (exact) mass is 173 g/mol. The summed E-state index contributed by atoms with van der Waals surface area (Å²) in [6.07, 6.45) is 2.17. The fourth-order valence-electron chi connectivity index (χ4n) is 0.948. The SMILES string of the molecule is CC(C)CCCN(C)C(=O)NN. The molecular weight excluding hydrogens is 154 g/mol. The van der Waals surface area contributed by atoms with Crippen LogP contribution in [0.1, 0.15) is 26.7 Å². The van der Waals surface area contributed by atoms with Crippen molar-refractivity contribution >= 4 is 6.03 Å². The molecule has 0 aliphatic heterocycles. The van der Waals surface area contributed by atoms with E-state index in [1.807, 2.05) is 0 Å². The number of rotatable bonds is 4. The third kappa shape index (κ3) is 4.96. The van der Waals surface area contributed by atoms with Crippen LogP contribution in [0.4, 0.5) is 4.79 Å². The molecule has 0 unspecified atom stereocenters. The summed E-state index contributed by atoms with van der Waals surface area (Å²) in [4.78, 5) is 12.5. The minimum Gasteiger partial charge on any atom is -0.327 e. The number of nitrogens with one attached hydrogen (secondary N) is 1. The topological polar surface area (TPSA) is 58.4 Å². The quantitative estimate of drug-likeness (QED) is 0.377. The Labute approximate surface area is 74.1 Å². The predicted octanol–water partition coefficient (Wildman–Crippen LogP) is 0.938. The van der Waals surface area contributed by atoms with Crippen LogP contribution in [0.5, 0.6) is 0 Å². The zero-order valence-corrected chi connectivity index (χ0v) is 8.13. The standard InChI is InChI=1S/C8H19N3O/c1-7(2)5-4-6-11(3)8(12)10-9/h7H,4-6,9H2,1-3H3,(H,10,12). The Morgan fingerprint density at radius 2 is 2.17 bits per heavy atom. The molecule has 0 aromatic rings. The highest BCUT2D eigenvalue weighted by molar-refractivity contribution is 5.72. The lowest BCUT2D eigenvalue weighted by Crippen LogP contribution is -2.41. The van der Waals surface area contributed by atoms with E-state index in [4.69, 9.17) is 5.84 Å². The number of hydrogen-bond donors (Lipinski definition) is 2. The Morgan fingerprint density at radius 3 is 2.58 bits per heavy atom. The first-order chi connectivity index (χ1) is 5.57. The van der Waals surface area contributed by atoms with Crippen molar-refractivity contribution in [2.75, 3.05) is 13.6 Å². The molecule has 4 heteroatoms. The van der Waals surface area contributed by atoms with E-state index in [9.17, 15) is 4.79 Å². The molecule has 0 aromatic carbocycles. The third-order valence-corrected chi connectivity index (χ3v) is 1.75. The molecule has 4 nitrogen and oxygen atoms in total. The maximum atomic E-state index is 10.9. The van der Waals surface area contributed by atoms with Gasteiger partial charge in [-0.15, -0.1) is 0 Å². The molecule has 0 saturated carbocycles. The summed E-state index contributed by atoms with van der Waals surface area (Å²) >= 11 is 0. The fraction of sp³-hybridized carbons (Fsp3) is 0.875. The van der Waals surface area contributed by atoms with Gasteiger partial charge in [0.05, 0.1) is 0 Å². The first kappa shape index (κ1) is 11.2. The second kappa shape index (κ2) is 5.83. The van der Waals surface area contributed by atoms with Gasteiger partial charge < -0.3 is 4.90 Å². The fourth-order valence-corrected chi connectivity index (χ4v) is 0.948. The lowest BCUT2D eigenvalue weighted by Gasteiger charge is -2.16. The second-order valence-electron chi connectivity index (χ2n) is 3.41. The van der Waals surface area contributed by atoms with Gasteiger partial charge in [-0.25, -0.2) is 10.6 Å². The van der Waals surface area contributed by atoms with Crippen molar-refractivity contribution in [3.63, 3.8) is 0 Å². The molecule has 12 heavy (non-hydrogen) atoms. The van der Waals surface area contributed by atoms with Gasteiger partial charge in [-0.1, -0.05) is 13.8 Å². The molecule has 0 aromatic heterocycles. The Morgan fingerprint density at radius 1 is 1.58 bits per heavy atom. The molecule has 0 saturated heterocycles. The smallest absolute Gasteiger partial charge is 0.327 e. The summed E-state index contributed by atoms with van der Waals surface area (Å²) in [5.41, 5.74) is 2.09. The van der Waals surface area contributed by atoms with E-state index >= 15 is 0 Å². The highest BCUT2D eigenvalue weighted by Gasteiger charge is 2.04. The van der Waals surface area contributed by atoms with Crippen molar-refractivity contribution in [2.45, 2.75) is 26.7 Å². The van der Waals surface area contributed by atoms with Crippen LogP contribution in [0.2, 0.25) is 0 Å². The van der Waals surface area contributed by atoms with E-state index in [0.29, 0.717) is 5.92 Å². The average molecular weight is 173 g/mol. The van der Waals surface area contributed by atoms with Gasteiger partial charge in [0.25, 0.3) is 0 Å².